The molecule has 0 radical (unpaired) electrons. The first kappa shape index (κ1) is 31.8. The molecular formula is C46H40N2O4. The number of ether oxygens (including phenoxy) is 2. The monoisotopic (exact) mass is 684 g/mol. The summed E-state index contributed by atoms with van der Waals surface area (Å²) in [6, 6.07) is 53.4. The topological polar surface area (TPSA) is 65.4 Å². The first-order chi connectivity index (χ1) is 25.4. The quantitative estimate of drug-likeness (QED) is 0.195. The highest BCUT2D eigenvalue weighted by atomic mass is 16.7. The summed E-state index contributed by atoms with van der Waals surface area (Å²) >= 11 is 0. The molecule has 4 atom stereocenters. The largest absolute Gasteiger partial charge is 0.360 e. The van der Waals surface area contributed by atoms with Gasteiger partial charge in [0.15, 0.2) is 0 Å². The van der Waals surface area contributed by atoms with Gasteiger partial charge in [0.2, 0.25) is 11.6 Å². The fraction of sp³-hybridized carbons (Fsp3) is 0.217. The zero-order valence-electron chi connectivity index (χ0n) is 29.2. The maximum atomic E-state index is 13.0. The van der Waals surface area contributed by atoms with Crippen LogP contribution >= 0.6 is 0 Å². The van der Waals surface area contributed by atoms with Crippen molar-refractivity contribution >= 4 is 0 Å². The molecule has 0 aromatic heterocycles. The summed E-state index contributed by atoms with van der Waals surface area (Å²) in [4.78, 5) is 4.41. The van der Waals surface area contributed by atoms with Crippen LogP contribution < -0.4 is 0 Å². The third-order valence-corrected chi connectivity index (χ3v) is 12.5. The summed E-state index contributed by atoms with van der Waals surface area (Å²) in [6.07, 6.45) is 0. The molecule has 2 N–H and O–H groups in total. The minimum atomic E-state index is -2.11. The maximum Gasteiger partial charge on any atom is 0.240 e. The van der Waals surface area contributed by atoms with Crippen molar-refractivity contribution in [1.29, 1.82) is 0 Å². The second kappa shape index (κ2) is 11.3. The number of hydrogen-bond donors (Lipinski definition) is 2. The second-order valence-electron chi connectivity index (χ2n) is 14.6. The Morgan fingerprint density at radius 2 is 0.692 bits per heavy atom. The van der Waals surface area contributed by atoms with Crippen molar-refractivity contribution in [2.24, 2.45) is 0 Å². The molecule has 258 valence electrons. The molecule has 6 aromatic rings. The molecule has 2 saturated heterocycles. The van der Waals surface area contributed by atoms with Gasteiger partial charge in [-0.2, -0.15) is 0 Å². The minimum absolute atomic E-state index is 0.0586. The number of nitrogens with zero attached hydrogens (tertiary/aromatic N) is 2. The molecule has 6 nitrogen and oxygen atoms in total. The van der Waals surface area contributed by atoms with E-state index in [4.69, 9.17) is 9.47 Å². The van der Waals surface area contributed by atoms with E-state index in [9.17, 15) is 10.2 Å². The molecule has 6 aromatic carbocycles. The van der Waals surface area contributed by atoms with Gasteiger partial charge in [0.05, 0.1) is 12.1 Å². The normalized spacial score (nSPS) is 26.8. The van der Waals surface area contributed by atoms with E-state index in [1.54, 1.807) is 0 Å². The fourth-order valence-corrected chi connectivity index (χ4v) is 10.2. The van der Waals surface area contributed by atoms with E-state index < -0.39 is 34.7 Å². The maximum absolute atomic E-state index is 13.0. The first-order valence-corrected chi connectivity index (χ1v) is 18.1. The van der Waals surface area contributed by atoms with Crippen molar-refractivity contribution in [2.75, 3.05) is 13.5 Å². The van der Waals surface area contributed by atoms with Gasteiger partial charge in [-0.25, -0.2) is 0 Å². The van der Waals surface area contributed by atoms with E-state index in [-0.39, 0.29) is 13.5 Å². The van der Waals surface area contributed by atoms with Gasteiger partial charge in [-0.3, -0.25) is 9.80 Å². The SMILES string of the molecule is C[C@@H]1N(C2(c3ccccc3)c3ccccc3-c3ccccc32)CO[C@@]1(O)[C@]1(O)OCN(C2(c3ccccc3)c3ccccc3-c3ccccc32)[C@H]1C. The minimum Gasteiger partial charge on any atom is -0.360 e. The summed E-state index contributed by atoms with van der Waals surface area (Å²) < 4.78 is 13.2. The van der Waals surface area contributed by atoms with Gasteiger partial charge in [0.25, 0.3) is 0 Å². The van der Waals surface area contributed by atoms with Crippen LogP contribution in [-0.4, -0.2) is 57.1 Å². The lowest BCUT2D eigenvalue weighted by molar-refractivity contribution is -0.364. The van der Waals surface area contributed by atoms with Gasteiger partial charge in [-0.15, -0.1) is 0 Å². The van der Waals surface area contributed by atoms with Crippen LogP contribution in [0.15, 0.2) is 158 Å². The summed E-state index contributed by atoms with van der Waals surface area (Å²) in [6.45, 7) is 4.02. The fourth-order valence-electron chi connectivity index (χ4n) is 10.2. The molecule has 6 heteroatoms. The zero-order valence-corrected chi connectivity index (χ0v) is 29.2. The third kappa shape index (κ3) is 3.79. The van der Waals surface area contributed by atoms with Gasteiger partial charge in [0.1, 0.15) is 24.5 Å². The molecular weight excluding hydrogens is 645 g/mol. The highest BCUT2D eigenvalue weighted by Gasteiger charge is 2.71. The lowest BCUT2D eigenvalue weighted by Crippen LogP contribution is -2.68. The molecule has 52 heavy (non-hydrogen) atoms. The van der Waals surface area contributed by atoms with Crippen LogP contribution in [0.1, 0.15) is 47.2 Å². The van der Waals surface area contributed by atoms with Crippen molar-refractivity contribution in [3.05, 3.63) is 191 Å². The summed E-state index contributed by atoms with van der Waals surface area (Å²) in [5.74, 6) is -4.21. The molecule has 10 rings (SSSR count). The average Bonchev–Trinajstić information content (AvgIpc) is 3.89. The van der Waals surface area contributed by atoms with Crippen LogP contribution in [0.25, 0.3) is 22.3 Å². The van der Waals surface area contributed by atoms with Crippen LogP contribution in [0, 0.1) is 0 Å². The van der Waals surface area contributed by atoms with Crippen LogP contribution in [0.4, 0.5) is 0 Å². The number of aliphatic hydroxyl groups is 2. The van der Waals surface area contributed by atoms with E-state index in [2.05, 4.69) is 155 Å². The van der Waals surface area contributed by atoms with Crippen molar-refractivity contribution < 1.29 is 19.7 Å². The molecule has 0 unspecified atom stereocenters. The molecule has 2 aliphatic heterocycles. The van der Waals surface area contributed by atoms with Gasteiger partial charge in [-0.05, 0) is 69.5 Å². The molecule has 4 aliphatic rings. The highest BCUT2D eigenvalue weighted by Crippen LogP contribution is 2.60. The Kier molecular flexibility index (Phi) is 6.90. The van der Waals surface area contributed by atoms with Crippen LogP contribution in [0.2, 0.25) is 0 Å². The molecule has 0 spiro atoms. The van der Waals surface area contributed by atoms with E-state index in [0.717, 1.165) is 55.6 Å². The predicted octanol–water partition coefficient (Wildman–Crippen LogP) is 7.67. The van der Waals surface area contributed by atoms with Crippen LogP contribution in [0.3, 0.4) is 0 Å². The Bertz CT molecular complexity index is 2070. The molecule has 2 aliphatic carbocycles. The number of benzene rings is 6. The first-order valence-electron chi connectivity index (χ1n) is 18.1. The van der Waals surface area contributed by atoms with E-state index >= 15 is 0 Å². The third-order valence-electron chi connectivity index (χ3n) is 12.5. The van der Waals surface area contributed by atoms with Crippen LogP contribution in [0.5, 0.6) is 0 Å². The Morgan fingerprint density at radius 1 is 0.423 bits per heavy atom. The smallest absolute Gasteiger partial charge is 0.240 e. The number of fused-ring (bicyclic) bond motifs is 6. The predicted molar refractivity (Wildman–Crippen MR) is 201 cm³/mol. The molecule has 0 amide bonds. The van der Waals surface area contributed by atoms with Gasteiger partial charge in [0, 0.05) is 0 Å². The zero-order chi connectivity index (χ0) is 35.3. The summed E-state index contributed by atoms with van der Waals surface area (Å²) in [5, 5.41) is 26.0. The van der Waals surface area contributed by atoms with Gasteiger partial charge in [-0.1, -0.05) is 158 Å². The Hall–Kier alpha value is -4.92. The standard InChI is InChI=1S/C46H40N2O4/c1-31-45(49,51-29-47(31)43(33-17-5-3-6-18-33)39-25-13-9-21-35(39)36-22-10-14-26-40(36)43)46(50)32(2)48(30-52-46)44(34-19-7-4-8-20-34)41-27-15-11-23-37(41)38-24-12-16-28-42(38)44/h3-28,31-32,49-50H,29-30H2,1-2H3/t31-,32-,45+,46+/m0/s1. The van der Waals surface area contributed by atoms with E-state index in [1.807, 2.05) is 26.0 Å². The lowest BCUT2D eigenvalue weighted by Gasteiger charge is -2.48. The van der Waals surface area contributed by atoms with Crippen LogP contribution in [-0.2, 0) is 20.6 Å². The van der Waals surface area contributed by atoms with Crippen molar-refractivity contribution in [2.45, 2.75) is 48.6 Å². The van der Waals surface area contributed by atoms with E-state index in [1.165, 1.54) is 0 Å². The Labute approximate surface area is 304 Å². The second-order valence-corrected chi connectivity index (χ2v) is 14.6. The highest BCUT2D eigenvalue weighted by molar-refractivity contribution is 5.84. The Balaban J connectivity index is 1.12. The van der Waals surface area contributed by atoms with Gasteiger partial charge >= 0.3 is 0 Å². The molecule has 2 fully saturated rings. The van der Waals surface area contributed by atoms with Crippen molar-refractivity contribution in [3.63, 3.8) is 0 Å². The van der Waals surface area contributed by atoms with Crippen molar-refractivity contribution in [3.8, 4) is 22.3 Å². The van der Waals surface area contributed by atoms with Gasteiger partial charge < -0.3 is 19.7 Å². The van der Waals surface area contributed by atoms with E-state index in [0.29, 0.717) is 0 Å². The average molecular weight is 685 g/mol. The van der Waals surface area contributed by atoms with Crippen molar-refractivity contribution in [1.82, 2.24) is 9.80 Å². The molecule has 2 heterocycles. The summed E-state index contributed by atoms with van der Waals surface area (Å²) in [7, 11) is 0. The Morgan fingerprint density at radius 3 is 1.00 bits per heavy atom. The molecule has 0 bridgehead atoms. The lowest BCUT2D eigenvalue weighted by atomic mass is 9.76. The number of rotatable bonds is 5. The number of hydrogen-bond acceptors (Lipinski definition) is 6. The summed E-state index contributed by atoms with van der Waals surface area (Å²) in [5.41, 5.74) is 9.52. The molecule has 0 saturated carbocycles.